The van der Waals surface area contributed by atoms with Crippen molar-refractivity contribution in [2.45, 2.75) is 50.2 Å². The van der Waals surface area contributed by atoms with Gasteiger partial charge in [-0.2, -0.15) is 0 Å². The topological polar surface area (TPSA) is 66.3 Å². The summed E-state index contributed by atoms with van der Waals surface area (Å²) in [4.78, 5) is 17.6. The molecule has 0 atom stereocenters. The third-order valence-electron chi connectivity index (χ3n) is 6.73. The van der Waals surface area contributed by atoms with Crippen molar-refractivity contribution < 1.29 is 4.79 Å². The third kappa shape index (κ3) is 6.24. The fourth-order valence-corrected chi connectivity index (χ4v) is 5.66. The van der Waals surface area contributed by atoms with E-state index in [-0.39, 0.29) is 11.7 Å². The van der Waals surface area contributed by atoms with Gasteiger partial charge in [0, 0.05) is 30.2 Å². The van der Waals surface area contributed by atoms with Gasteiger partial charge in [-0.15, -0.1) is 10.2 Å². The van der Waals surface area contributed by atoms with E-state index in [0.717, 1.165) is 55.1 Å². The van der Waals surface area contributed by atoms with Crippen molar-refractivity contribution in [3.63, 3.8) is 0 Å². The molecular weight excluding hydrogens is 456 g/mol. The number of carbonyl (C=O) groups excluding carboxylic acids is 1. The first-order valence-electron chi connectivity index (χ1n) is 12.8. The second kappa shape index (κ2) is 11.7. The van der Waals surface area contributed by atoms with E-state index in [0.29, 0.717) is 0 Å². The Morgan fingerprint density at radius 3 is 2.20 bits per heavy atom. The average Bonchev–Trinajstić information content (AvgIpc) is 3.46. The van der Waals surface area contributed by atoms with Crippen LogP contribution in [0.1, 0.15) is 44.3 Å². The van der Waals surface area contributed by atoms with Gasteiger partial charge in [-0.3, -0.25) is 14.3 Å². The second-order valence-electron chi connectivity index (χ2n) is 9.34. The Morgan fingerprint density at radius 1 is 0.800 bits per heavy atom. The lowest BCUT2D eigenvalue weighted by atomic mass is 10.2. The monoisotopic (exact) mass is 490 g/mol. The normalized spacial score (nSPS) is 16.9. The number of hydrogen-bond acceptors (Lipinski definition) is 6. The summed E-state index contributed by atoms with van der Waals surface area (Å²) in [5, 5.41) is 12.7. The molecule has 2 saturated heterocycles. The first-order valence-corrected chi connectivity index (χ1v) is 13.7. The number of anilines is 2. The summed E-state index contributed by atoms with van der Waals surface area (Å²) < 4.78 is 2.09. The Labute approximate surface area is 211 Å². The molecule has 184 valence electrons. The van der Waals surface area contributed by atoms with E-state index in [1.807, 2.05) is 30.3 Å². The van der Waals surface area contributed by atoms with Gasteiger partial charge in [0.2, 0.25) is 5.91 Å². The largest absolute Gasteiger partial charge is 0.372 e. The molecule has 7 nitrogen and oxygen atoms in total. The highest BCUT2D eigenvalue weighted by Gasteiger charge is 2.20. The number of aromatic nitrogens is 3. The van der Waals surface area contributed by atoms with Crippen molar-refractivity contribution in [3.8, 4) is 5.69 Å². The fraction of sp³-hybridized carbons (Fsp3) is 0.444. The van der Waals surface area contributed by atoms with E-state index < -0.39 is 0 Å². The smallest absolute Gasteiger partial charge is 0.234 e. The lowest BCUT2D eigenvalue weighted by Crippen LogP contribution is -2.23. The summed E-state index contributed by atoms with van der Waals surface area (Å²) in [6, 6.07) is 18.4. The molecule has 3 heterocycles. The number of carbonyl (C=O) groups is 1. The second-order valence-corrected chi connectivity index (χ2v) is 10.3. The van der Waals surface area contributed by atoms with Crippen LogP contribution in [0.25, 0.3) is 5.69 Å². The molecule has 2 fully saturated rings. The summed E-state index contributed by atoms with van der Waals surface area (Å²) in [7, 11) is 0. The van der Waals surface area contributed by atoms with Crippen LogP contribution in [0.2, 0.25) is 0 Å². The molecular formula is C27H34N6OS. The van der Waals surface area contributed by atoms with Gasteiger partial charge in [0.05, 0.1) is 12.3 Å². The molecule has 1 aromatic heterocycles. The number of nitrogens with zero attached hydrogens (tertiary/aromatic N) is 5. The van der Waals surface area contributed by atoms with Crippen molar-refractivity contribution in [3.05, 3.63) is 60.4 Å². The maximum atomic E-state index is 12.7. The van der Waals surface area contributed by atoms with Crippen LogP contribution in [0.15, 0.2) is 59.8 Å². The molecule has 0 saturated carbocycles. The van der Waals surface area contributed by atoms with Gasteiger partial charge in [0.1, 0.15) is 0 Å². The summed E-state index contributed by atoms with van der Waals surface area (Å²) in [6.45, 7) is 5.21. The van der Waals surface area contributed by atoms with Gasteiger partial charge in [-0.05, 0) is 75.2 Å². The van der Waals surface area contributed by atoms with Crippen LogP contribution in [-0.4, -0.2) is 57.5 Å². The van der Waals surface area contributed by atoms with Gasteiger partial charge >= 0.3 is 0 Å². The number of rotatable bonds is 8. The predicted octanol–water partition coefficient (Wildman–Crippen LogP) is 4.97. The number of amides is 1. The molecule has 1 amide bonds. The van der Waals surface area contributed by atoms with Gasteiger partial charge in [0.15, 0.2) is 11.0 Å². The minimum atomic E-state index is -0.0405. The zero-order valence-corrected chi connectivity index (χ0v) is 21.1. The molecule has 0 bridgehead atoms. The molecule has 2 aliphatic heterocycles. The van der Waals surface area contributed by atoms with Crippen molar-refractivity contribution in [2.24, 2.45) is 0 Å². The summed E-state index contributed by atoms with van der Waals surface area (Å²) in [5.74, 6) is 1.16. The van der Waals surface area contributed by atoms with Crippen LogP contribution in [0.3, 0.4) is 0 Å². The average molecular weight is 491 g/mol. The molecule has 0 aliphatic carbocycles. The maximum absolute atomic E-state index is 12.7. The highest BCUT2D eigenvalue weighted by molar-refractivity contribution is 7.99. The van der Waals surface area contributed by atoms with Gasteiger partial charge in [0.25, 0.3) is 0 Å². The number of hydrogen-bond donors (Lipinski definition) is 1. The highest BCUT2D eigenvalue weighted by atomic mass is 32.2. The Hall–Kier alpha value is -2.84. The molecule has 1 N–H and O–H groups in total. The maximum Gasteiger partial charge on any atom is 0.234 e. The lowest BCUT2D eigenvalue weighted by Gasteiger charge is -2.22. The van der Waals surface area contributed by atoms with Crippen LogP contribution in [0.5, 0.6) is 0 Å². The molecule has 2 aliphatic rings. The van der Waals surface area contributed by atoms with Crippen LogP contribution in [0.4, 0.5) is 11.4 Å². The molecule has 2 aromatic carbocycles. The highest BCUT2D eigenvalue weighted by Crippen LogP contribution is 2.25. The van der Waals surface area contributed by atoms with Gasteiger partial charge in [-0.25, -0.2) is 0 Å². The SMILES string of the molecule is O=C(CSc1nnc(CN2CCCC2)n1-c1ccccc1)Nc1ccc(N2CCCCCC2)cc1. The van der Waals surface area contributed by atoms with E-state index >= 15 is 0 Å². The molecule has 3 aromatic rings. The number of benzene rings is 2. The Morgan fingerprint density at radius 2 is 1.49 bits per heavy atom. The number of likely N-dealkylation sites (tertiary alicyclic amines) is 1. The molecule has 35 heavy (non-hydrogen) atoms. The first kappa shape index (κ1) is 23.9. The summed E-state index contributed by atoms with van der Waals surface area (Å²) in [6.07, 6.45) is 7.62. The standard InChI is InChI=1S/C27H34N6OS/c34-26(28-22-12-14-23(15-13-22)32-18-6-1-2-7-19-32)21-35-27-30-29-25(20-31-16-8-9-17-31)33(27)24-10-4-3-5-11-24/h3-5,10-15H,1-2,6-9,16-21H2,(H,28,34). The van der Waals surface area contributed by atoms with E-state index in [9.17, 15) is 4.79 Å². The third-order valence-corrected chi connectivity index (χ3v) is 7.66. The minimum Gasteiger partial charge on any atom is -0.372 e. The Kier molecular flexibility index (Phi) is 8.00. The zero-order chi connectivity index (χ0) is 23.9. The molecule has 0 radical (unpaired) electrons. The van der Waals surface area contributed by atoms with Crippen LogP contribution in [-0.2, 0) is 11.3 Å². The zero-order valence-electron chi connectivity index (χ0n) is 20.2. The van der Waals surface area contributed by atoms with Crippen molar-refractivity contribution >= 4 is 29.0 Å². The van der Waals surface area contributed by atoms with Crippen LogP contribution in [0, 0.1) is 0 Å². The van der Waals surface area contributed by atoms with E-state index in [1.165, 1.54) is 56.0 Å². The van der Waals surface area contributed by atoms with Crippen molar-refractivity contribution in [1.82, 2.24) is 19.7 Å². The number of thioether (sulfide) groups is 1. The van der Waals surface area contributed by atoms with E-state index in [1.54, 1.807) is 0 Å². The molecule has 8 heteroatoms. The van der Waals surface area contributed by atoms with Crippen molar-refractivity contribution in [2.75, 3.05) is 42.1 Å². The van der Waals surface area contributed by atoms with Crippen LogP contribution >= 0.6 is 11.8 Å². The number of nitrogens with one attached hydrogen (secondary N) is 1. The predicted molar refractivity (Wildman–Crippen MR) is 142 cm³/mol. The molecule has 0 unspecified atom stereocenters. The van der Waals surface area contributed by atoms with Crippen LogP contribution < -0.4 is 10.2 Å². The number of para-hydroxylation sites is 1. The van der Waals surface area contributed by atoms with Crippen molar-refractivity contribution in [1.29, 1.82) is 0 Å². The Balaban J connectivity index is 1.22. The van der Waals surface area contributed by atoms with Gasteiger partial charge in [-0.1, -0.05) is 42.8 Å². The first-order chi connectivity index (χ1) is 17.3. The summed E-state index contributed by atoms with van der Waals surface area (Å²) in [5.41, 5.74) is 3.09. The summed E-state index contributed by atoms with van der Waals surface area (Å²) >= 11 is 1.43. The minimum absolute atomic E-state index is 0.0405. The van der Waals surface area contributed by atoms with E-state index in [4.69, 9.17) is 0 Å². The van der Waals surface area contributed by atoms with Gasteiger partial charge < -0.3 is 10.2 Å². The molecule has 5 rings (SSSR count). The molecule has 0 spiro atoms. The Bertz CT molecular complexity index is 1090. The lowest BCUT2D eigenvalue weighted by molar-refractivity contribution is -0.113. The fourth-order valence-electron chi connectivity index (χ4n) is 4.88. The quantitative estimate of drug-likeness (QED) is 0.450. The van der Waals surface area contributed by atoms with E-state index in [2.05, 4.69) is 54.1 Å².